The van der Waals surface area contributed by atoms with Crippen molar-refractivity contribution in [2.45, 2.75) is 13.8 Å². The highest BCUT2D eigenvalue weighted by Gasteiger charge is 2.14. The monoisotopic (exact) mass is 307 g/mol. The number of pyridine rings is 2. The molecule has 3 aromatic rings. The first-order chi connectivity index (χ1) is 11.2. The molecule has 0 aliphatic rings. The molecule has 0 aliphatic carbocycles. The first-order valence-corrected chi connectivity index (χ1v) is 7.43. The van der Waals surface area contributed by atoms with Crippen molar-refractivity contribution < 1.29 is 9.63 Å². The van der Waals surface area contributed by atoms with E-state index in [1.807, 2.05) is 44.2 Å². The topological polar surface area (TPSA) is 64.1 Å². The quantitative estimate of drug-likeness (QED) is 0.751. The Balaban J connectivity index is 2.18. The lowest BCUT2D eigenvalue weighted by molar-refractivity contribution is 0.0366. The molecule has 5 nitrogen and oxygen atoms in total. The van der Waals surface area contributed by atoms with Gasteiger partial charge in [-0.3, -0.25) is 14.6 Å². The minimum atomic E-state index is -0.278. The van der Waals surface area contributed by atoms with Crippen LogP contribution in [0.5, 0.6) is 0 Å². The average molecular weight is 307 g/mol. The molecule has 2 heterocycles. The summed E-state index contributed by atoms with van der Waals surface area (Å²) in [5.74, 6) is -0.278. The molecule has 1 aromatic carbocycles. The second-order valence-corrected chi connectivity index (χ2v) is 5.18. The maximum absolute atomic E-state index is 12.4. The Hall–Kier alpha value is -2.79. The summed E-state index contributed by atoms with van der Waals surface area (Å²) in [5, 5.41) is 0.806. The molecule has 0 saturated heterocycles. The van der Waals surface area contributed by atoms with Crippen LogP contribution in [-0.2, 0) is 4.84 Å². The Kier molecular flexibility index (Phi) is 4.30. The Labute approximate surface area is 134 Å². The molecular formula is C18H17N3O2. The molecule has 0 aliphatic heterocycles. The molecule has 1 amide bonds. The average Bonchev–Trinajstić information content (AvgIpc) is 2.59. The number of hydrogen-bond donors (Lipinski definition) is 1. The lowest BCUT2D eigenvalue weighted by Crippen LogP contribution is -2.24. The lowest BCUT2D eigenvalue weighted by Gasteiger charge is -2.10. The van der Waals surface area contributed by atoms with Crippen molar-refractivity contribution in [3.05, 3.63) is 59.9 Å². The molecule has 0 spiro atoms. The van der Waals surface area contributed by atoms with Gasteiger partial charge < -0.3 is 0 Å². The van der Waals surface area contributed by atoms with Gasteiger partial charge in [-0.15, -0.1) is 0 Å². The van der Waals surface area contributed by atoms with Crippen LogP contribution in [0.15, 0.2) is 48.8 Å². The maximum atomic E-state index is 12.4. The lowest BCUT2D eigenvalue weighted by atomic mass is 10.0. The zero-order valence-corrected chi connectivity index (χ0v) is 13.0. The fraction of sp³-hybridized carbons (Fsp3) is 0.167. The van der Waals surface area contributed by atoms with Gasteiger partial charge in [0.25, 0.3) is 5.91 Å². The van der Waals surface area contributed by atoms with E-state index in [0.29, 0.717) is 12.2 Å². The molecule has 23 heavy (non-hydrogen) atoms. The van der Waals surface area contributed by atoms with Crippen molar-refractivity contribution in [3.63, 3.8) is 0 Å². The van der Waals surface area contributed by atoms with Crippen LogP contribution in [0.1, 0.15) is 22.8 Å². The Morgan fingerprint density at radius 3 is 2.70 bits per heavy atom. The van der Waals surface area contributed by atoms with Gasteiger partial charge in [0.15, 0.2) is 0 Å². The summed E-state index contributed by atoms with van der Waals surface area (Å²) in [6.45, 7) is 4.21. The molecule has 0 saturated carbocycles. The second kappa shape index (κ2) is 6.54. The molecule has 2 aromatic heterocycles. The largest absolute Gasteiger partial charge is 0.275 e. The van der Waals surface area contributed by atoms with Crippen LogP contribution in [0.4, 0.5) is 0 Å². The highest BCUT2D eigenvalue weighted by molar-refractivity contribution is 6.07. The van der Waals surface area contributed by atoms with E-state index in [1.165, 1.54) is 0 Å². The number of rotatable bonds is 4. The van der Waals surface area contributed by atoms with Gasteiger partial charge in [0.1, 0.15) is 0 Å². The molecule has 5 heteroatoms. The van der Waals surface area contributed by atoms with Crippen LogP contribution < -0.4 is 5.48 Å². The smallest absolute Gasteiger partial charge is 0.274 e. The standard InChI is InChI=1S/C18H17N3O2/c1-3-23-21-18(22)15-11-17(13-6-8-19-9-7-13)20-16-5-4-12(2)10-14(15)16/h4-11H,3H2,1-2H3,(H,21,22). The Morgan fingerprint density at radius 2 is 1.96 bits per heavy atom. The van der Waals surface area contributed by atoms with Gasteiger partial charge in [0.2, 0.25) is 0 Å². The zero-order valence-electron chi connectivity index (χ0n) is 13.0. The van der Waals surface area contributed by atoms with E-state index in [2.05, 4.69) is 15.4 Å². The number of carbonyl (C=O) groups excluding carboxylic acids is 1. The van der Waals surface area contributed by atoms with E-state index < -0.39 is 0 Å². The van der Waals surface area contributed by atoms with E-state index in [4.69, 9.17) is 4.84 Å². The third kappa shape index (κ3) is 3.19. The number of hydrogen-bond acceptors (Lipinski definition) is 4. The second-order valence-electron chi connectivity index (χ2n) is 5.18. The van der Waals surface area contributed by atoms with Crippen LogP contribution >= 0.6 is 0 Å². The molecule has 0 atom stereocenters. The number of benzene rings is 1. The molecule has 1 N–H and O–H groups in total. The number of carbonyl (C=O) groups is 1. The SMILES string of the molecule is CCONC(=O)c1cc(-c2ccncc2)nc2ccc(C)cc12. The van der Waals surface area contributed by atoms with Gasteiger partial charge in [-0.05, 0) is 44.2 Å². The van der Waals surface area contributed by atoms with E-state index >= 15 is 0 Å². The van der Waals surface area contributed by atoms with E-state index in [9.17, 15) is 4.79 Å². The minimum absolute atomic E-state index is 0.278. The summed E-state index contributed by atoms with van der Waals surface area (Å²) in [6.07, 6.45) is 3.41. The maximum Gasteiger partial charge on any atom is 0.275 e. The normalized spacial score (nSPS) is 10.7. The number of nitrogens with one attached hydrogen (secondary N) is 1. The summed E-state index contributed by atoms with van der Waals surface area (Å²) in [4.78, 5) is 26.2. The number of aromatic nitrogens is 2. The molecule has 0 bridgehead atoms. The van der Waals surface area contributed by atoms with Crippen LogP contribution in [0, 0.1) is 6.92 Å². The van der Waals surface area contributed by atoms with Crippen LogP contribution in [0.3, 0.4) is 0 Å². The van der Waals surface area contributed by atoms with E-state index in [-0.39, 0.29) is 5.91 Å². The summed E-state index contributed by atoms with van der Waals surface area (Å²) < 4.78 is 0. The molecule has 0 unspecified atom stereocenters. The minimum Gasteiger partial charge on any atom is -0.274 e. The van der Waals surface area contributed by atoms with Crippen LogP contribution in [-0.4, -0.2) is 22.5 Å². The van der Waals surface area contributed by atoms with E-state index in [1.54, 1.807) is 18.5 Å². The Bertz CT molecular complexity index is 848. The fourth-order valence-corrected chi connectivity index (χ4v) is 2.39. The molecule has 0 radical (unpaired) electrons. The fourth-order valence-electron chi connectivity index (χ4n) is 2.39. The Morgan fingerprint density at radius 1 is 1.17 bits per heavy atom. The summed E-state index contributed by atoms with van der Waals surface area (Å²) in [7, 11) is 0. The molecule has 116 valence electrons. The summed E-state index contributed by atoms with van der Waals surface area (Å²) in [5.41, 5.74) is 6.48. The highest BCUT2D eigenvalue weighted by Crippen LogP contribution is 2.25. The van der Waals surface area contributed by atoms with Gasteiger partial charge in [0, 0.05) is 23.3 Å². The first kappa shape index (κ1) is 15.1. The van der Waals surface area contributed by atoms with Crippen molar-refractivity contribution in [2.24, 2.45) is 0 Å². The first-order valence-electron chi connectivity index (χ1n) is 7.43. The molecular weight excluding hydrogens is 290 g/mol. The molecule has 0 fully saturated rings. The van der Waals surface area contributed by atoms with Crippen molar-refractivity contribution in [2.75, 3.05) is 6.61 Å². The van der Waals surface area contributed by atoms with E-state index in [0.717, 1.165) is 27.7 Å². The van der Waals surface area contributed by atoms with Gasteiger partial charge in [-0.2, -0.15) is 0 Å². The summed E-state index contributed by atoms with van der Waals surface area (Å²) >= 11 is 0. The van der Waals surface area contributed by atoms with Crippen LogP contribution in [0.2, 0.25) is 0 Å². The van der Waals surface area contributed by atoms with Crippen molar-refractivity contribution >= 4 is 16.8 Å². The number of aryl methyl sites for hydroxylation is 1. The predicted octanol–water partition coefficient (Wildman–Crippen LogP) is 3.29. The van der Waals surface area contributed by atoms with Gasteiger partial charge in [0.05, 0.1) is 23.4 Å². The zero-order chi connectivity index (χ0) is 16.2. The number of nitrogens with zero attached hydrogens (tertiary/aromatic N) is 2. The van der Waals surface area contributed by atoms with Crippen molar-refractivity contribution in [3.8, 4) is 11.3 Å². The predicted molar refractivity (Wildman–Crippen MR) is 88.8 cm³/mol. The third-order valence-electron chi connectivity index (χ3n) is 3.49. The number of fused-ring (bicyclic) bond motifs is 1. The number of hydroxylamine groups is 1. The van der Waals surface area contributed by atoms with Gasteiger partial charge in [-0.1, -0.05) is 11.6 Å². The van der Waals surface area contributed by atoms with Crippen molar-refractivity contribution in [1.82, 2.24) is 15.4 Å². The highest BCUT2D eigenvalue weighted by atomic mass is 16.6. The number of amides is 1. The summed E-state index contributed by atoms with van der Waals surface area (Å²) in [6, 6.07) is 11.4. The van der Waals surface area contributed by atoms with Gasteiger partial charge in [-0.25, -0.2) is 10.5 Å². The molecule has 3 rings (SSSR count). The van der Waals surface area contributed by atoms with Crippen LogP contribution in [0.25, 0.3) is 22.2 Å². The third-order valence-corrected chi connectivity index (χ3v) is 3.49. The van der Waals surface area contributed by atoms with Crippen molar-refractivity contribution in [1.29, 1.82) is 0 Å². The van der Waals surface area contributed by atoms with Gasteiger partial charge >= 0.3 is 0 Å².